The van der Waals surface area contributed by atoms with Crippen LogP contribution in [-0.4, -0.2) is 38.2 Å². The molecule has 0 saturated carbocycles. The zero-order chi connectivity index (χ0) is 21.0. The number of hydrazine groups is 1. The standard InChI is InChI=1S/C17H14F3N7O2/c18-12-5-9(16(28)24-25-17(29)15(19)20)1-2-11(12)7-27-8-13(23-26-27)10-3-4-14(21)22-6-10/h1-6,8,15H,7H2,(H2,21,22)(H,24,28)(H,25,29). The van der Waals surface area contributed by atoms with Gasteiger partial charge in [0.15, 0.2) is 0 Å². The van der Waals surface area contributed by atoms with Crippen molar-refractivity contribution in [2.75, 3.05) is 5.73 Å². The maximum absolute atomic E-state index is 14.3. The predicted octanol–water partition coefficient (Wildman–Crippen LogP) is 1.14. The molecule has 0 unspecified atom stereocenters. The van der Waals surface area contributed by atoms with Gasteiger partial charge in [-0.2, -0.15) is 8.78 Å². The van der Waals surface area contributed by atoms with Crippen LogP contribution in [0.3, 0.4) is 0 Å². The van der Waals surface area contributed by atoms with Crippen LogP contribution in [-0.2, 0) is 11.3 Å². The molecular weight excluding hydrogens is 391 g/mol. The van der Waals surface area contributed by atoms with E-state index < -0.39 is 24.1 Å². The first-order valence-corrected chi connectivity index (χ1v) is 8.12. The third kappa shape index (κ3) is 4.86. The van der Waals surface area contributed by atoms with Crippen LogP contribution in [0.1, 0.15) is 15.9 Å². The summed E-state index contributed by atoms with van der Waals surface area (Å²) in [4.78, 5) is 26.5. The second-order valence-corrected chi connectivity index (χ2v) is 5.82. The van der Waals surface area contributed by atoms with E-state index in [0.717, 1.165) is 6.07 Å². The average Bonchev–Trinajstić information content (AvgIpc) is 3.16. The van der Waals surface area contributed by atoms with Gasteiger partial charge in [0.1, 0.15) is 17.3 Å². The minimum absolute atomic E-state index is 0.0330. The lowest BCUT2D eigenvalue weighted by Gasteiger charge is -2.08. The van der Waals surface area contributed by atoms with Gasteiger partial charge in [0, 0.05) is 22.9 Å². The monoisotopic (exact) mass is 405 g/mol. The van der Waals surface area contributed by atoms with Crippen LogP contribution in [0.25, 0.3) is 11.3 Å². The number of aromatic nitrogens is 4. The van der Waals surface area contributed by atoms with Crippen molar-refractivity contribution in [2.45, 2.75) is 13.0 Å². The molecule has 0 radical (unpaired) electrons. The van der Waals surface area contributed by atoms with Gasteiger partial charge in [-0.05, 0) is 24.3 Å². The van der Waals surface area contributed by atoms with Gasteiger partial charge in [-0.1, -0.05) is 11.3 Å². The summed E-state index contributed by atoms with van der Waals surface area (Å²) >= 11 is 0. The van der Waals surface area contributed by atoms with E-state index in [2.05, 4.69) is 15.3 Å². The lowest BCUT2D eigenvalue weighted by Crippen LogP contribution is -2.44. The predicted molar refractivity (Wildman–Crippen MR) is 94.8 cm³/mol. The zero-order valence-corrected chi connectivity index (χ0v) is 14.6. The highest BCUT2D eigenvalue weighted by molar-refractivity contribution is 5.95. The largest absolute Gasteiger partial charge is 0.384 e. The number of hydrogen-bond donors (Lipinski definition) is 3. The number of carbonyl (C=O) groups is 2. The normalized spacial score (nSPS) is 10.8. The molecule has 3 rings (SSSR count). The molecule has 2 heterocycles. The van der Waals surface area contributed by atoms with Crippen LogP contribution in [0.4, 0.5) is 19.0 Å². The molecule has 9 nitrogen and oxygen atoms in total. The number of anilines is 1. The van der Waals surface area contributed by atoms with Gasteiger partial charge in [-0.25, -0.2) is 14.1 Å². The van der Waals surface area contributed by atoms with E-state index in [9.17, 15) is 22.8 Å². The number of nitrogen functional groups attached to an aromatic ring is 1. The van der Waals surface area contributed by atoms with E-state index in [1.807, 2.05) is 0 Å². The summed E-state index contributed by atoms with van der Waals surface area (Å²) in [6.07, 6.45) is -0.163. The second-order valence-electron chi connectivity index (χ2n) is 5.82. The molecule has 0 aliphatic heterocycles. The van der Waals surface area contributed by atoms with Gasteiger partial charge >= 0.3 is 12.3 Å². The summed E-state index contributed by atoms with van der Waals surface area (Å²) in [5.74, 6) is -2.97. The maximum atomic E-state index is 14.3. The molecule has 3 aromatic rings. The first-order chi connectivity index (χ1) is 13.8. The first kappa shape index (κ1) is 19.8. The van der Waals surface area contributed by atoms with Gasteiger partial charge < -0.3 is 5.73 Å². The Kier molecular flexibility index (Phi) is 5.71. The van der Waals surface area contributed by atoms with Gasteiger partial charge in [0.25, 0.3) is 5.91 Å². The van der Waals surface area contributed by atoms with Crippen LogP contribution in [0, 0.1) is 5.82 Å². The Morgan fingerprint density at radius 1 is 1.17 bits per heavy atom. The van der Waals surface area contributed by atoms with Crippen LogP contribution in [0.2, 0.25) is 0 Å². The number of nitrogens with one attached hydrogen (secondary N) is 2. The fraction of sp³-hybridized carbons (Fsp3) is 0.118. The average molecular weight is 405 g/mol. The molecule has 0 bridgehead atoms. The van der Waals surface area contributed by atoms with E-state index in [4.69, 9.17) is 5.73 Å². The summed E-state index contributed by atoms with van der Waals surface area (Å²) in [5.41, 5.74) is 10.1. The number of nitrogens with zero attached hydrogens (tertiary/aromatic N) is 4. The molecule has 150 valence electrons. The van der Waals surface area contributed by atoms with Crippen LogP contribution < -0.4 is 16.6 Å². The van der Waals surface area contributed by atoms with Crippen molar-refractivity contribution in [1.29, 1.82) is 0 Å². The first-order valence-electron chi connectivity index (χ1n) is 8.12. The quantitative estimate of drug-likeness (QED) is 0.546. The Labute approximate surface area is 161 Å². The van der Waals surface area contributed by atoms with Gasteiger partial charge in [0.05, 0.1) is 12.7 Å². The Morgan fingerprint density at radius 3 is 2.62 bits per heavy atom. The molecule has 0 atom stereocenters. The van der Waals surface area contributed by atoms with E-state index in [1.54, 1.807) is 23.8 Å². The maximum Gasteiger partial charge on any atom is 0.317 e. The lowest BCUT2D eigenvalue weighted by atomic mass is 10.1. The second kappa shape index (κ2) is 8.37. The SMILES string of the molecule is Nc1ccc(-c2cn(Cc3ccc(C(=O)NNC(=O)C(F)F)cc3F)nn2)cn1. The molecule has 0 aliphatic carbocycles. The molecule has 0 spiro atoms. The number of halogens is 3. The Hall–Kier alpha value is -3.96. The van der Waals surface area contributed by atoms with Crippen molar-refractivity contribution in [3.05, 3.63) is 59.7 Å². The Balaban J connectivity index is 1.67. The molecule has 0 aliphatic rings. The fourth-order valence-corrected chi connectivity index (χ4v) is 2.30. The molecule has 0 saturated heterocycles. The van der Waals surface area contributed by atoms with Crippen molar-refractivity contribution in [3.8, 4) is 11.3 Å². The van der Waals surface area contributed by atoms with Crippen molar-refractivity contribution < 1.29 is 22.8 Å². The highest BCUT2D eigenvalue weighted by Gasteiger charge is 2.17. The Bertz CT molecular complexity index is 1040. The van der Waals surface area contributed by atoms with Crippen molar-refractivity contribution in [2.24, 2.45) is 0 Å². The number of amides is 2. The van der Waals surface area contributed by atoms with Gasteiger partial charge in [-0.15, -0.1) is 5.10 Å². The highest BCUT2D eigenvalue weighted by Crippen LogP contribution is 2.17. The summed E-state index contributed by atoms with van der Waals surface area (Å²) in [7, 11) is 0. The highest BCUT2D eigenvalue weighted by atomic mass is 19.3. The van der Waals surface area contributed by atoms with Crippen LogP contribution >= 0.6 is 0 Å². The van der Waals surface area contributed by atoms with Crippen molar-refractivity contribution in [3.63, 3.8) is 0 Å². The number of rotatable bonds is 5. The molecule has 4 N–H and O–H groups in total. The topological polar surface area (TPSA) is 128 Å². The fourth-order valence-electron chi connectivity index (χ4n) is 2.30. The van der Waals surface area contributed by atoms with Crippen molar-refractivity contribution in [1.82, 2.24) is 30.8 Å². The number of hydrogen-bond acceptors (Lipinski definition) is 6. The Morgan fingerprint density at radius 2 is 1.97 bits per heavy atom. The summed E-state index contributed by atoms with van der Waals surface area (Å²) < 4.78 is 39.9. The number of nitrogens with two attached hydrogens (primary N) is 1. The number of carbonyl (C=O) groups excluding carboxylic acids is 2. The van der Waals surface area contributed by atoms with Gasteiger partial charge in [-0.3, -0.25) is 20.4 Å². The van der Waals surface area contributed by atoms with E-state index >= 15 is 0 Å². The molecule has 29 heavy (non-hydrogen) atoms. The third-order valence-corrected chi connectivity index (χ3v) is 3.77. The van der Waals surface area contributed by atoms with Gasteiger partial charge in [0.2, 0.25) is 0 Å². The molecule has 1 aromatic carbocycles. The molecular formula is C17H14F3N7O2. The third-order valence-electron chi connectivity index (χ3n) is 3.77. The van der Waals surface area contributed by atoms with E-state index in [-0.39, 0.29) is 17.7 Å². The number of benzene rings is 1. The van der Waals surface area contributed by atoms with Crippen LogP contribution in [0.5, 0.6) is 0 Å². The number of alkyl halides is 2. The molecule has 2 aromatic heterocycles. The molecule has 12 heteroatoms. The smallest absolute Gasteiger partial charge is 0.317 e. The van der Waals surface area contributed by atoms with E-state index in [1.165, 1.54) is 28.4 Å². The number of pyridine rings is 1. The van der Waals surface area contributed by atoms with Crippen molar-refractivity contribution >= 4 is 17.6 Å². The zero-order valence-electron chi connectivity index (χ0n) is 14.6. The summed E-state index contributed by atoms with van der Waals surface area (Å²) in [5, 5.41) is 7.90. The van der Waals surface area contributed by atoms with Crippen LogP contribution in [0.15, 0.2) is 42.7 Å². The molecule has 0 fully saturated rings. The summed E-state index contributed by atoms with van der Waals surface area (Å²) in [6.45, 7) is 0.0330. The minimum Gasteiger partial charge on any atom is -0.384 e. The summed E-state index contributed by atoms with van der Waals surface area (Å²) in [6, 6.07) is 6.87. The minimum atomic E-state index is -3.29. The lowest BCUT2D eigenvalue weighted by molar-refractivity contribution is -0.132. The van der Waals surface area contributed by atoms with E-state index in [0.29, 0.717) is 17.1 Å². The molecule has 2 amide bonds.